The molecular formula is C11H15N3O. The second kappa shape index (κ2) is 6.74. The number of rotatable bonds is 6. The Morgan fingerprint density at radius 2 is 2.07 bits per heavy atom. The summed E-state index contributed by atoms with van der Waals surface area (Å²) in [6, 6.07) is 8.05. The molecule has 0 bridgehead atoms. The van der Waals surface area contributed by atoms with Crippen LogP contribution in [0.15, 0.2) is 29.4 Å². The van der Waals surface area contributed by atoms with Crippen LogP contribution in [0.3, 0.4) is 0 Å². The van der Waals surface area contributed by atoms with Gasteiger partial charge in [0, 0.05) is 11.5 Å². The first-order valence-electron chi connectivity index (χ1n) is 5.09. The van der Waals surface area contributed by atoms with Gasteiger partial charge >= 0.3 is 0 Å². The second-order valence-corrected chi connectivity index (χ2v) is 3.15. The minimum atomic E-state index is 0.490. The average Bonchev–Trinajstić information content (AvgIpc) is 2.30. The first kappa shape index (κ1) is 11.4. The van der Waals surface area contributed by atoms with Gasteiger partial charge in [-0.15, -0.1) is 0 Å². The van der Waals surface area contributed by atoms with Gasteiger partial charge in [0.2, 0.25) is 0 Å². The van der Waals surface area contributed by atoms with E-state index in [0.29, 0.717) is 13.2 Å². The van der Waals surface area contributed by atoms with Crippen LogP contribution < -0.4 is 4.74 Å². The fourth-order valence-corrected chi connectivity index (χ4v) is 1.19. The van der Waals surface area contributed by atoms with E-state index in [0.717, 1.165) is 18.6 Å². The van der Waals surface area contributed by atoms with Gasteiger partial charge in [-0.3, -0.25) is 0 Å². The van der Waals surface area contributed by atoms with Gasteiger partial charge in [-0.2, -0.15) is 0 Å². The van der Waals surface area contributed by atoms with Crippen molar-refractivity contribution >= 4 is 0 Å². The lowest BCUT2D eigenvalue weighted by Crippen LogP contribution is -1.98. The van der Waals surface area contributed by atoms with E-state index in [2.05, 4.69) is 29.1 Å². The van der Waals surface area contributed by atoms with E-state index in [-0.39, 0.29) is 0 Å². The van der Waals surface area contributed by atoms with Crippen LogP contribution in [-0.4, -0.2) is 13.2 Å². The van der Waals surface area contributed by atoms with Gasteiger partial charge in [-0.25, -0.2) is 0 Å². The molecule has 80 valence electrons. The second-order valence-electron chi connectivity index (χ2n) is 3.15. The van der Waals surface area contributed by atoms with Gasteiger partial charge in [-0.1, -0.05) is 24.2 Å². The predicted octanol–water partition coefficient (Wildman–Crippen LogP) is 3.33. The molecule has 0 amide bonds. The number of aryl methyl sites for hydroxylation is 1. The molecule has 0 N–H and O–H groups in total. The Hall–Kier alpha value is -1.67. The number of hydrogen-bond acceptors (Lipinski definition) is 2. The van der Waals surface area contributed by atoms with Gasteiger partial charge in [0.15, 0.2) is 0 Å². The minimum absolute atomic E-state index is 0.490. The normalized spacial score (nSPS) is 9.40. The Labute approximate surface area is 89.5 Å². The molecule has 4 nitrogen and oxygen atoms in total. The van der Waals surface area contributed by atoms with Crippen molar-refractivity contribution in [2.45, 2.75) is 19.8 Å². The number of ether oxygens (including phenoxy) is 1. The quantitative estimate of drug-likeness (QED) is 0.304. The molecular weight excluding hydrogens is 190 g/mol. The third-order valence-corrected chi connectivity index (χ3v) is 2.07. The van der Waals surface area contributed by atoms with E-state index in [1.807, 2.05) is 12.1 Å². The van der Waals surface area contributed by atoms with Crippen molar-refractivity contribution in [3.8, 4) is 5.75 Å². The maximum absolute atomic E-state index is 8.06. The van der Waals surface area contributed by atoms with Crippen molar-refractivity contribution < 1.29 is 4.74 Å². The number of hydrogen-bond donors (Lipinski definition) is 0. The molecule has 0 aromatic heterocycles. The summed E-state index contributed by atoms with van der Waals surface area (Å²) in [6.07, 6.45) is 1.79. The highest BCUT2D eigenvalue weighted by atomic mass is 16.5. The average molecular weight is 205 g/mol. The topological polar surface area (TPSA) is 58.0 Å². The van der Waals surface area contributed by atoms with Crippen LogP contribution in [0.4, 0.5) is 0 Å². The summed E-state index contributed by atoms with van der Waals surface area (Å²) >= 11 is 0. The molecule has 0 aliphatic carbocycles. The van der Waals surface area contributed by atoms with Crippen molar-refractivity contribution in [1.29, 1.82) is 0 Å². The van der Waals surface area contributed by atoms with Crippen molar-refractivity contribution in [1.82, 2.24) is 0 Å². The zero-order chi connectivity index (χ0) is 10.9. The molecule has 0 aliphatic heterocycles. The van der Waals surface area contributed by atoms with E-state index >= 15 is 0 Å². The molecule has 1 rings (SSSR count). The van der Waals surface area contributed by atoms with E-state index in [4.69, 9.17) is 10.3 Å². The molecule has 0 aliphatic rings. The van der Waals surface area contributed by atoms with E-state index in [1.165, 1.54) is 5.56 Å². The van der Waals surface area contributed by atoms with Gasteiger partial charge in [0.05, 0.1) is 6.61 Å². The fraction of sp³-hybridized carbons (Fsp3) is 0.455. The lowest BCUT2D eigenvalue weighted by molar-refractivity contribution is 0.313. The number of benzene rings is 1. The summed E-state index contributed by atoms with van der Waals surface area (Å²) in [6.45, 7) is 3.20. The smallest absolute Gasteiger partial charge is 0.119 e. The van der Waals surface area contributed by atoms with Crippen molar-refractivity contribution in [2.75, 3.05) is 13.2 Å². The third kappa shape index (κ3) is 4.38. The Balaban J connectivity index is 2.28. The lowest BCUT2D eigenvalue weighted by atomic mass is 10.2. The summed E-state index contributed by atoms with van der Waals surface area (Å²) in [7, 11) is 0. The summed E-state index contributed by atoms with van der Waals surface area (Å²) in [5, 5.41) is 3.43. The van der Waals surface area contributed by atoms with E-state index in [1.54, 1.807) is 0 Å². The minimum Gasteiger partial charge on any atom is -0.494 e. The molecule has 0 saturated heterocycles. The highest BCUT2D eigenvalue weighted by Crippen LogP contribution is 2.12. The van der Waals surface area contributed by atoms with Gasteiger partial charge in [0.25, 0.3) is 0 Å². The Kier molecular flexibility index (Phi) is 5.12. The molecule has 0 unspecified atom stereocenters. The predicted molar refractivity (Wildman–Crippen MR) is 59.9 cm³/mol. The SMILES string of the molecule is CCc1ccc(OCCCN=[N+]=[N-])cc1. The summed E-state index contributed by atoms with van der Waals surface area (Å²) in [4.78, 5) is 2.67. The van der Waals surface area contributed by atoms with E-state index < -0.39 is 0 Å². The van der Waals surface area contributed by atoms with Crippen LogP contribution >= 0.6 is 0 Å². The zero-order valence-corrected chi connectivity index (χ0v) is 8.89. The largest absolute Gasteiger partial charge is 0.494 e. The molecule has 0 atom stereocenters. The highest BCUT2D eigenvalue weighted by Gasteiger charge is 1.93. The number of nitrogens with zero attached hydrogens (tertiary/aromatic N) is 3. The first-order valence-corrected chi connectivity index (χ1v) is 5.09. The van der Waals surface area contributed by atoms with Crippen LogP contribution in [0.25, 0.3) is 10.4 Å². The van der Waals surface area contributed by atoms with E-state index in [9.17, 15) is 0 Å². The van der Waals surface area contributed by atoms with Crippen molar-refractivity contribution in [3.63, 3.8) is 0 Å². The molecule has 0 radical (unpaired) electrons. The van der Waals surface area contributed by atoms with Crippen molar-refractivity contribution in [2.24, 2.45) is 5.11 Å². The van der Waals surface area contributed by atoms with Crippen LogP contribution in [0.5, 0.6) is 5.75 Å². The molecule has 0 spiro atoms. The zero-order valence-electron chi connectivity index (χ0n) is 8.89. The van der Waals surface area contributed by atoms with Crippen LogP contribution in [0.2, 0.25) is 0 Å². The molecule has 1 aromatic carbocycles. The molecule has 0 fully saturated rings. The monoisotopic (exact) mass is 205 g/mol. The Morgan fingerprint density at radius 1 is 1.33 bits per heavy atom. The summed E-state index contributed by atoms with van der Waals surface area (Å²) in [5.74, 6) is 0.869. The lowest BCUT2D eigenvalue weighted by Gasteiger charge is -2.05. The Bertz CT molecular complexity index is 328. The van der Waals surface area contributed by atoms with Gasteiger partial charge < -0.3 is 4.74 Å². The van der Waals surface area contributed by atoms with Gasteiger partial charge in [-0.05, 0) is 36.1 Å². The maximum Gasteiger partial charge on any atom is 0.119 e. The summed E-state index contributed by atoms with van der Waals surface area (Å²) in [5.41, 5.74) is 9.36. The number of azide groups is 1. The van der Waals surface area contributed by atoms with Crippen molar-refractivity contribution in [3.05, 3.63) is 40.3 Å². The Morgan fingerprint density at radius 3 is 2.67 bits per heavy atom. The van der Waals surface area contributed by atoms with Crippen LogP contribution in [-0.2, 0) is 6.42 Å². The van der Waals surface area contributed by atoms with Crippen LogP contribution in [0.1, 0.15) is 18.9 Å². The molecule has 15 heavy (non-hydrogen) atoms. The molecule has 0 heterocycles. The molecule has 1 aromatic rings. The van der Waals surface area contributed by atoms with Gasteiger partial charge in [0.1, 0.15) is 5.75 Å². The first-order chi connectivity index (χ1) is 7.36. The highest BCUT2D eigenvalue weighted by molar-refractivity contribution is 5.27. The third-order valence-electron chi connectivity index (χ3n) is 2.07. The molecule has 4 heteroatoms. The maximum atomic E-state index is 8.06. The fourth-order valence-electron chi connectivity index (χ4n) is 1.19. The standard InChI is InChI=1S/C11H15N3O/c1-2-10-4-6-11(7-5-10)15-9-3-8-13-14-12/h4-7H,2-3,8-9H2,1H3. The van der Waals surface area contributed by atoms with Crippen LogP contribution in [0, 0.1) is 0 Å². The molecule has 0 saturated carbocycles. The summed E-state index contributed by atoms with van der Waals surface area (Å²) < 4.78 is 5.47.